The van der Waals surface area contributed by atoms with Crippen LogP contribution in [0.5, 0.6) is 0 Å². The molecule has 0 aromatic heterocycles. The number of nitrogens with zero attached hydrogens (tertiary/aromatic N) is 2. The SMILES string of the molecule is O=C(O)CC[C@H](C(=O)O)N1C(=O)/C(=C\C(Cl)=C/c2ccc([N+](=O)[O-])cc2)SC1=S. The van der Waals surface area contributed by atoms with Crippen LogP contribution in [-0.4, -0.2) is 48.2 Å². The molecule has 0 spiro atoms. The molecule has 1 heterocycles. The summed E-state index contributed by atoms with van der Waals surface area (Å²) in [5, 5.41) is 28.9. The molecule has 29 heavy (non-hydrogen) atoms. The van der Waals surface area contributed by atoms with Gasteiger partial charge in [0.25, 0.3) is 11.6 Å². The maximum Gasteiger partial charge on any atom is 0.326 e. The summed E-state index contributed by atoms with van der Waals surface area (Å²) in [7, 11) is 0. The molecule has 0 bridgehead atoms. The van der Waals surface area contributed by atoms with Crippen LogP contribution in [0.1, 0.15) is 18.4 Å². The molecule has 2 N–H and O–H groups in total. The third kappa shape index (κ3) is 5.86. The Morgan fingerprint density at radius 1 is 1.31 bits per heavy atom. The van der Waals surface area contributed by atoms with Crippen molar-refractivity contribution < 1.29 is 29.5 Å². The Morgan fingerprint density at radius 3 is 2.45 bits per heavy atom. The third-order valence-corrected chi connectivity index (χ3v) is 5.28. The number of benzene rings is 1. The molecule has 2 rings (SSSR count). The fourth-order valence-electron chi connectivity index (χ4n) is 2.39. The number of non-ortho nitro benzene ring substituents is 1. The van der Waals surface area contributed by atoms with Gasteiger partial charge in [-0.2, -0.15) is 0 Å². The Bertz CT molecular complexity index is 944. The van der Waals surface area contributed by atoms with Crippen LogP contribution in [0.4, 0.5) is 5.69 Å². The number of carboxylic acid groups (broad SMARTS) is 2. The van der Waals surface area contributed by atoms with E-state index >= 15 is 0 Å². The van der Waals surface area contributed by atoms with Crippen LogP contribution in [-0.2, 0) is 14.4 Å². The molecule has 1 amide bonds. The summed E-state index contributed by atoms with van der Waals surface area (Å²) in [6.07, 6.45) is 2.04. The summed E-state index contributed by atoms with van der Waals surface area (Å²) in [6.45, 7) is 0. The van der Waals surface area contributed by atoms with Gasteiger partial charge in [-0.3, -0.25) is 24.6 Å². The van der Waals surface area contributed by atoms with Gasteiger partial charge in [-0.25, -0.2) is 4.79 Å². The number of nitro benzene ring substituents is 1. The van der Waals surface area contributed by atoms with Crippen LogP contribution in [0.25, 0.3) is 6.08 Å². The Kier molecular flexibility index (Phi) is 7.48. The number of carbonyl (C=O) groups excluding carboxylic acids is 1. The van der Waals surface area contributed by atoms with Crippen LogP contribution in [0.3, 0.4) is 0 Å². The summed E-state index contributed by atoms with van der Waals surface area (Å²) in [5.74, 6) is -3.24. The number of rotatable bonds is 8. The second-order valence-corrected chi connectivity index (χ2v) is 7.83. The van der Waals surface area contributed by atoms with Crippen LogP contribution in [0, 0.1) is 10.1 Å². The van der Waals surface area contributed by atoms with Gasteiger partial charge in [0.1, 0.15) is 10.4 Å². The molecule has 0 aliphatic carbocycles. The molecule has 9 nitrogen and oxygen atoms in total. The lowest BCUT2D eigenvalue weighted by atomic mass is 10.1. The van der Waals surface area contributed by atoms with E-state index in [9.17, 15) is 29.6 Å². The monoisotopic (exact) mass is 456 g/mol. The van der Waals surface area contributed by atoms with E-state index in [0.29, 0.717) is 5.56 Å². The molecule has 0 unspecified atom stereocenters. The van der Waals surface area contributed by atoms with Gasteiger partial charge >= 0.3 is 11.9 Å². The molecule has 1 aromatic carbocycles. The van der Waals surface area contributed by atoms with Gasteiger partial charge in [0, 0.05) is 23.6 Å². The molecule has 1 fully saturated rings. The Labute approximate surface area is 178 Å². The fraction of sp³-hybridized carbons (Fsp3) is 0.176. The van der Waals surface area contributed by atoms with Crippen molar-refractivity contribution in [2.75, 3.05) is 0 Å². The second kappa shape index (κ2) is 9.63. The number of carboxylic acids is 2. The normalized spacial score (nSPS) is 16.9. The predicted octanol–water partition coefficient (Wildman–Crippen LogP) is 3.24. The van der Waals surface area contributed by atoms with Gasteiger partial charge in [-0.15, -0.1) is 0 Å². The molecule has 152 valence electrons. The minimum atomic E-state index is -1.40. The van der Waals surface area contributed by atoms with Gasteiger partial charge < -0.3 is 10.2 Å². The summed E-state index contributed by atoms with van der Waals surface area (Å²) in [5.41, 5.74) is 0.470. The molecule has 1 atom stereocenters. The first-order valence-electron chi connectivity index (χ1n) is 7.93. The van der Waals surface area contributed by atoms with Crippen molar-refractivity contribution in [2.45, 2.75) is 18.9 Å². The van der Waals surface area contributed by atoms with E-state index < -0.39 is 35.2 Å². The Morgan fingerprint density at radius 2 is 1.93 bits per heavy atom. The van der Waals surface area contributed by atoms with E-state index in [1.54, 1.807) is 0 Å². The number of carbonyl (C=O) groups is 3. The first kappa shape index (κ1) is 22.5. The number of halogens is 1. The zero-order valence-electron chi connectivity index (χ0n) is 14.5. The number of thiocarbonyl (C=S) groups is 1. The number of aliphatic carboxylic acids is 2. The first-order valence-corrected chi connectivity index (χ1v) is 9.53. The van der Waals surface area contributed by atoms with Crippen molar-refractivity contribution in [2.24, 2.45) is 0 Å². The lowest BCUT2D eigenvalue weighted by molar-refractivity contribution is -0.384. The van der Waals surface area contributed by atoms with Gasteiger partial charge in [0.15, 0.2) is 0 Å². The largest absolute Gasteiger partial charge is 0.481 e. The van der Waals surface area contributed by atoms with Crippen LogP contribution in [0.2, 0.25) is 0 Å². The smallest absolute Gasteiger partial charge is 0.326 e. The maximum atomic E-state index is 12.6. The van der Waals surface area contributed by atoms with Gasteiger partial charge in [0.05, 0.1) is 9.83 Å². The highest BCUT2D eigenvalue weighted by atomic mass is 35.5. The van der Waals surface area contributed by atoms with Crippen molar-refractivity contribution in [3.05, 3.63) is 56.0 Å². The Balaban J connectivity index is 2.22. The number of nitro groups is 1. The number of hydrogen-bond acceptors (Lipinski definition) is 7. The number of amides is 1. The van der Waals surface area contributed by atoms with Crippen molar-refractivity contribution in [1.82, 2.24) is 4.90 Å². The topological polar surface area (TPSA) is 138 Å². The molecule has 12 heteroatoms. The molecule has 0 radical (unpaired) electrons. The zero-order chi connectivity index (χ0) is 21.7. The Hall–Kier alpha value is -2.76. The quantitative estimate of drug-likeness (QED) is 0.261. The number of hydrogen-bond donors (Lipinski definition) is 2. The van der Waals surface area contributed by atoms with E-state index in [1.165, 1.54) is 36.4 Å². The fourth-order valence-corrected chi connectivity index (χ4v) is 4.04. The average molecular weight is 457 g/mol. The standard InChI is InChI=1S/C17H13ClN2O7S2/c18-10(7-9-1-3-11(4-2-9)20(26)27)8-13-15(23)19(17(28)29-13)12(16(24)25)5-6-14(21)22/h1-4,7-8,12H,5-6H2,(H,21,22)(H,24,25)/b10-7+,13-8+/t12-/m1/s1. The maximum absolute atomic E-state index is 12.6. The van der Waals surface area contributed by atoms with Crippen molar-refractivity contribution >= 4 is 69.5 Å². The van der Waals surface area contributed by atoms with E-state index in [2.05, 4.69) is 0 Å². The van der Waals surface area contributed by atoms with Crippen LogP contribution in [0.15, 0.2) is 40.3 Å². The number of thioether (sulfide) groups is 1. The highest BCUT2D eigenvalue weighted by Crippen LogP contribution is 2.35. The third-order valence-electron chi connectivity index (χ3n) is 3.73. The zero-order valence-corrected chi connectivity index (χ0v) is 16.9. The van der Waals surface area contributed by atoms with Gasteiger partial charge in [0.2, 0.25) is 0 Å². The summed E-state index contributed by atoms with van der Waals surface area (Å²) < 4.78 is -0.0150. The molecular formula is C17H13ClN2O7S2. The van der Waals surface area contributed by atoms with Gasteiger partial charge in [-0.05, 0) is 36.3 Å². The van der Waals surface area contributed by atoms with Crippen molar-refractivity contribution in [3.8, 4) is 0 Å². The predicted molar refractivity (Wildman–Crippen MR) is 110 cm³/mol. The molecule has 0 saturated carbocycles. The molecule has 1 aliphatic rings. The summed E-state index contributed by atoms with van der Waals surface area (Å²) in [6, 6.07) is 4.16. The summed E-state index contributed by atoms with van der Waals surface area (Å²) in [4.78, 5) is 45.9. The lowest BCUT2D eigenvalue weighted by Crippen LogP contribution is -2.44. The lowest BCUT2D eigenvalue weighted by Gasteiger charge is -2.22. The van der Waals surface area contributed by atoms with Crippen molar-refractivity contribution in [1.29, 1.82) is 0 Å². The van der Waals surface area contributed by atoms with Gasteiger partial charge in [-0.1, -0.05) is 35.6 Å². The second-order valence-electron chi connectivity index (χ2n) is 5.72. The van der Waals surface area contributed by atoms with E-state index in [0.717, 1.165) is 16.7 Å². The first-order chi connectivity index (χ1) is 13.6. The minimum absolute atomic E-state index is 0.0150. The van der Waals surface area contributed by atoms with Crippen LogP contribution < -0.4 is 0 Å². The molecule has 1 aromatic rings. The average Bonchev–Trinajstić information content (AvgIpc) is 2.89. The molecule has 1 saturated heterocycles. The van der Waals surface area contributed by atoms with Crippen molar-refractivity contribution in [3.63, 3.8) is 0 Å². The highest BCUT2D eigenvalue weighted by Gasteiger charge is 2.40. The highest BCUT2D eigenvalue weighted by molar-refractivity contribution is 8.26. The summed E-state index contributed by atoms with van der Waals surface area (Å²) >= 11 is 12.1. The van der Waals surface area contributed by atoms with E-state index in [-0.39, 0.29) is 26.4 Å². The van der Waals surface area contributed by atoms with E-state index in [4.69, 9.17) is 28.9 Å². The minimum Gasteiger partial charge on any atom is -0.481 e. The van der Waals surface area contributed by atoms with Crippen LogP contribution >= 0.6 is 35.6 Å². The number of allylic oxidation sites excluding steroid dienone is 2. The van der Waals surface area contributed by atoms with E-state index in [1.807, 2.05) is 0 Å². The molecular weight excluding hydrogens is 444 g/mol. The molecule has 1 aliphatic heterocycles.